The monoisotopic (exact) mass is 370 g/mol. The number of fused-ring (bicyclic) bond motifs is 5. The largest absolute Gasteiger partial charge is 0.391 e. The highest BCUT2D eigenvalue weighted by Crippen LogP contribution is 2.65. The van der Waals surface area contributed by atoms with E-state index in [4.69, 9.17) is 4.74 Å². The molecule has 0 aromatic carbocycles. The van der Waals surface area contributed by atoms with Gasteiger partial charge in [0.15, 0.2) is 0 Å². The fourth-order valence-corrected chi connectivity index (χ4v) is 8.17. The van der Waals surface area contributed by atoms with Gasteiger partial charge in [-0.3, -0.25) is 0 Å². The highest BCUT2D eigenvalue weighted by atomic mass is 19.4. The Hall–Kier alpha value is -0.250. The van der Waals surface area contributed by atoms with Crippen LogP contribution in [0.15, 0.2) is 0 Å². The molecule has 0 bridgehead atoms. The van der Waals surface area contributed by atoms with Gasteiger partial charge in [-0.05, 0) is 105 Å². The maximum absolute atomic E-state index is 13.2. The van der Waals surface area contributed by atoms with Crippen LogP contribution >= 0.6 is 0 Å². The molecule has 4 aliphatic carbocycles. The van der Waals surface area contributed by atoms with Crippen LogP contribution in [0.3, 0.4) is 0 Å². The van der Waals surface area contributed by atoms with Crippen molar-refractivity contribution in [1.29, 1.82) is 0 Å². The standard InChI is InChI=1S/C22H33F3O/c1-21-9-8-18-17-6-3-15(22(23,24)25)10-13(17)2-5-19(18)20(21)7-4-14(21)11-16-12-26-16/h13-20H,2-12H2,1H3/t13?,14?,15?,16?,17?,18?,19?,20?,21-/m1/s1. The fourth-order valence-electron chi connectivity index (χ4n) is 8.17. The van der Waals surface area contributed by atoms with E-state index in [2.05, 4.69) is 6.92 Å². The Morgan fingerprint density at radius 1 is 0.923 bits per heavy atom. The summed E-state index contributed by atoms with van der Waals surface area (Å²) in [4.78, 5) is 0. The first-order valence-corrected chi connectivity index (χ1v) is 11.0. The summed E-state index contributed by atoms with van der Waals surface area (Å²) in [5.41, 5.74) is 0.475. The van der Waals surface area contributed by atoms with Crippen LogP contribution in [0.25, 0.3) is 0 Å². The molecule has 148 valence electrons. The molecule has 4 saturated carbocycles. The highest BCUT2D eigenvalue weighted by molar-refractivity contribution is 5.06. The van der Waals surface area contributed by atoms with E-state index in [1.165, 1.54) is 38.5 Å². The van der Waals surface area contributed by atoms with E-state index in [9.17, 15) is 13.2 Å². The number of ether oxygens (including phenoxy) is 1. The molecule has 1 aliphatic heterocycles. The molecule has 0 N–H and O–H groups in total. The molecule has 1 nitrogen and oxygen atoms in total. The highest BCUT2D eigenvalue weighted by Gasteiger charge is 2.58. The summed E-state index contributed by atoms with van der Waals surface area (Å²) in [5.74, 6) is 3.06. The normalized spacial score (nSPS) is 53.5. The lowest BCUT2D eigenvalue weighted by Gasteiger charge is -2.56. The maximum Gasteiger partial charge on any atom is 0.391 e. The van der Waals surface area contributed by atoms with E-state index >= 15 is 0 Å². The zero-order chi connectivity index (χ0) is 18.1. The van der Waals surface area contributed by atoms with Gasteiger partial charge in [0.2, 0.25) is 0 Å². The van der Waals surface area contributed by atoms with Gasteiger partial charge in [-0.2, -0.15) is 13.2 Å². The number of hydrogen-bond acceptors (Lipinski definition) is 1. The van der Waals surface area contributed by atoms with Crippen LogP contribution in [-0.4, -0.2) is 18.9 Å². The van der Waals surface area contributed by atoms with Gasteiger partial charge in [-0.15, -0.1) is 0 Å². The van der Waals surface area contributed by atoms with Crippen LogP contribution in [0.4, 0.5) is 13.2 Å². The van der Waals surface area contributed by atoms with E-state index in [0.717, 1.165) is 43.1 Å². The third-order valence-electron chi connectivity index (χ3n) is 9.56. The topological polar surface area (TPSA) is 12.5 Å². The van der Waals surface area contributed by atoms with Crippen molar-refractivity contribution in [3.05, 3.63) is 0 Å². The van der Waals surface area contributed by atoms with Crippen molar-refractivity contribution < 1.29 is 17.9 Å². The van der Waals surface area contributed by atoms with Crippen molar-refractivity contribution in [3.8, 4) is 0 Å². The predicted octanol–water partition coefficient (Wildman–Crippen LogP) is 6.22. The van der Waals surface area contributed by atoms with Gasteiger partial charge >= 0.3 is 6.18 Å². The number of alkyl halides is 3. The minimum Gasteiger partial charge on any atom is -0.373 e. The van der Waals surface area contributed by atoms with Gasteiger partial charge in [0.05, 0.1) is 18.6 Å². The van der Waals surface area contributed by atoms with Crippen molar-refractivity contribution in [2.24, 2.45) is 46.8 Å². The van der Waals surface area contributed by atoms with Crippen molar-refractivity contribution in [1.82, 2.24) is 0 Å². The Kier molecular flexibility index (Phi) is 4.20. The van der Waals surface area contributed by atoms with Gasteiger partial charge in [-0.1, -0.05) is 6.92 Å². The SMILES string of the molecule is C[C@]12CCC3C4CCC(C(F)(F)F)CC4CCC3C1CCC2CC1CO1. The summed E-state index contributed by atoms with van der Waals surface area (Å²) < 4.78 is 45.1. The van der Waals surface area contributed by atoms with Crippen molar-refractivity contribution >= 4 is 0 Å². The second-order valence-corrected chi connectivity index (χ2v) is 10.5. The van der Waals surface area contributed by atoms with E-state index < -0.39 is 12.1 Å². The molecule has 26 heavy (non-hydrogen) atoms. The van der Waals surface area contributed by atoms with Gasteiger partial charge in [0, 0.05) is 0 Å². The lowest BCUT2D eigenvalue weighted by atomic mass is 9.49. The lowest BCUT2D eigenvalue weighted by molar-refractivity contribution is -0.196. The summed E-state index contributed by atoms with van der Waals surface area (Å²) in [6.07, 6.45) is 7.00. The second-order valence-electron chi connectivity index (χ2n) is 10.5. The Morgan fingerprint density at radius 3 is 2.42 bits per heavy atom. The van der Waals surface area contributed by atoms with Crippen molar-refractivity contribution in [3.63, 3.8) is 0 Å². The first-order valence-electron chi connectivity index (χ1n) is 11.0. The van der Waals surface area contributed by atoms with E-state index in [0.29, 0.717) is 36.2 Å². The Morgan fingerprint density at radius 2 is 1.69 bits per heavy atom. The third-order valence-corrected chi connectivity index (χ3v) is 9.56. The Labute approximate surface area is 155 Å². The van der Waals surface area contributed by atoms with E-state index in [-0.39, 0.29) is 0 Å². The second kappa shape index (κ2) is 6.12. The molecule has 1 saturated heterocycles. The molecule has 5 rings (SSSR count). The molecule has 5 aliphatic rings. The lowest BCUT2D eigenvalue weighted by Crippen LogP contribution is -2.49. The van der Waals surface area contributed by atoms with Crippen LogP contribution in [0, 0.1) is 46.8 Å². The number of halogens is 3. The zero-order valence-corrected chi connectivity index (χ0v) is 15.9. The van der Waals surface area contributed by atoms with Crippen LogP contribution in [0.1, 0.15) is 71.1 Å². The first-order chi connectivity index (χ1) is 12.4. The number of epoxide rings is 1. The Bertz CT molecular complexity index is 542. The average molecular weight is 370 g/mol. The van der Waals surface area contributed by atoms with Crippen molar-refractivity contribution in [2.45, 2.75) is 83.4 Å². The molecule has 0 radical (unpaired) electrons. The van der Waals surface area contributed by atoms with Crippen LogP contribution in [-0.2, 0) is 4.74 Å². The fraction of sp³-hybridized carbons (Fsp3) is 1.00. The van der Waals surface area contributed by atoms with Crippen LogP contribution in [0.5, 0.6) is 0 Å². The maximum atomic E-state index is 13.2. The van der Waals surface area contributed by atoms with Gasteiger partial charge in [-0.25, -0.2) is 0 Å². The van der Waals surface area contributed by atoms with Crippen LogP contribution < -0.4 is 0 Å². The zero-order valence-electron chi connectivity index (χ0n) is 15.9. The molecule has 0 aromatic rings. The summed E-state index contributed by atoms with van der Waals surface area (Å²) in [6, 6.07) is 0. The molecule has 8 unspecified atom stereocenters. The van der Waals surface area contributed by atoms with Gasteiger partial charge < -0.3 is 4.74 Å². The summed E-state index contributed by atoms with van der Waals surface area (Å²) >= 11 is 0. The van der Waals surface area contributed by atoms with Crippen molar-refractivity contribution in [2.75, 3.05) is 6.61 Å². The van der Waals surface area contributed by atoms with E-state index in [1.807, 2.05) is 0 Å². The quantitative estimate of drug-likeness (QED) is 0.526. The van der Waals surface area contributed by atoms with Crippen LogP contribution in [0.2, 0.25) is 0 Å². The Balaban J connectivity index is 1.30. The molecule has 1 heterocycles. The first kappa shape index (κ1) is 17.8. The smallest absolute Gasteiger partial charge is 0.373 e. The molecule has 4 heteroatoms. The molecular weight excluding hydrogens is 337 g/mol. The predicted molar refractivity (Wildman–Crippen MR) is 94.5 cm³/mol. The van der Waals surface area contributed by atoms with Gasteiger partial charge in [0.1, 0.15) is 0 Å². The number of hydrogen-bond donors (Lipinski definition) is 0. The molecular formula is C22H33F3O. The summed E-state index contributed by atoms with van der Waals surface area (Å²) in [5, 5.41) is 0. The molecule has 9 atom stereocenters. The summed E-state index contributed by atoms with van der Waals surface area (Å²) in [7, 11) is 0. The van der Waals surface area contributed by atoms with E-state index in [1.54, 1.807) is 0 Å². The minimum atomic E-state index is -3.98. The average Bonchev–Trinajstić information content (AvgIpc) is 3.35. The molecule has 0 amide bonds. The molecule has 5 fully saturated rings. The molecule has 0 spiro atoms. The summed E-state index contributed by atoms with van der Waals surface area (Å²) in [6.45, 7) is 3.51. The van der Waals surface area contributed by atoms with Gasteiger partial charge in [0.25, 0.3) is 0 Å². The minimum absolute atomic E-state index is 0.345. The number of rotatable bonds is 2. The third kappa shape index (κ3) is 2.84. The molecule has 0 aromatic heterocycles.